The topological polar surface area (TPSA) is 29.9 Å². The Morgan fingerprint density at radius 2 is 2.38 bits per heavy atom. The van der Waals surface area contributed by atoms with E-state index in [1.807, 2.05) is 12.4 Å². The number of aryl methyl sites for hydroxylation is 1. The van der Waals surface area contributed by atoms with Crippen LogP contribution in [0, 0.1) is 5.92 Å². The van der Waals surface area contributed by atoms with Gasteiger partial charge in [-0.05, 0) is 25.3 Å². The van der Waals surface area contributed by atoms with Crippen LogP contribution in [0.5, 0.6) is 0 Å². The van der Waals surface area contributed by atoms with E-state index < -0.39 is 0 Å². The van der Waals surface area contributed by atoms with Crippen molar-refractivity contribution in [3.8, 4) is 0 Å². The van der Waals surface area contributed by atoms with E-state index in [0.29, 0.717) is 6.04 Å². The third-order valence-corrected chi connectivity index (χ3v) is 3.35. The molecule has 1 atom stereocenters. The van der Waals surface area contributed by atoms with E-state index in [0.717, 1.165) is 18.9 Å². The van der Waals surface area contributed by atoms with Crippen LogP contribution in [0.25, 0.3) is 0 Å². The summed E-state index contributed by atoms with van der Waals surface area (Å²) in [4.78, 5) is 4.41. The molecule has 1 heterocycles. The van der Waals surface area contributed by atoms with Crippen molar-refractivity contribution in [1.82, 2.24) is 14.9 Å². The number of hydrogen-bond acceptors (Lipinski definition) is 2. The number of rotatable bonds is 7. The first kappa shape index (κ1) is 11.6. The first-order chi connectivity index (χ1) is 7.79. The monoisotopic (exact) mass is 221 g/mol. The molecule has 1 aromatic rings. The molecule has 0 amide bonds. The highest BCUT2D eigenvalue weighted by molar-refractivity contribution is 4.95. The Kier molecular flexibility index (Phi) is 3.99. The lowest BCUT2D eigenvalue weighted by Gasteiger charge is -2.18. The Bertz CT molecular complexity index is 315. The maximum absolute atomic E-state index is 4.41. The summed E-state index contributed by atoms with van der Waals surface area (Å²) in [5.74, 6) is 2.18. The first-order valence-corrected chi connectivity index (χ1v) is 6.49. The quantitative estimate of drug-likeness (QED) is 0.764. The van der Waals surface area contributed by atoms with E-state index in [2.05, 4.69) is 28.8 Å². The molecule has 90 valence electrons. The van der Waals surface area contributed by atoms with Crippen LogP contribution in [0.4, 0.5) is 0 Å². The maximum atomic E-state index is 4.41. The van der Waals surface area contributed by atoms with Crippen LogP contribution >= 0.6 is 0 Å². The number of nitrogens with one attached hydrogen (secondary N) is 1. The molecule has 1 unspecified atom stereocenters. The van der Waals surface area contributed by atoms with Crippen molar-refractivity contribution >= 4 is 0 Å². The predicted molar refractivity (Wildman–Crippen MR) is 66.3 cm³/mol. The fraction of sp³-hybridized carbons (Fsp3) is 0.769. The fourth-order valence-electron chi connectivity index (χ4n) is 2.16. The molecule has 0 aliphatic heterocycles. The normalized spacial score (nSPS) is 17.6. The van der Waals surface area contributed by atoms with Gasteiger partial charge in [0.2, 0.25) is 0 Å². The van der Waals surface area contributed by atoms with Gasteiger partial charge in [-0.3, -0.25) is 0 Å². The lowest BCUT2D eigenvalue weighted by atomic mass is 10.1. The largest absolute Gasteiger partial charge is 0.338 e. The standard InChI is InChI=1S/C13H23N3/c1-3-6-14-12(9-11-4-5-11)10-13-15-7-8-16(13)2/h7-8,11-12,14H,3-6,9-10H2,1-2H3. The van der Waals surface area contributed by atoms with Gasteiger partial charge in [0, 0.05) is 31.9 Å². The zero-order valence-corrected chi connectivity index (χ0v) is 10.4. The fourth-order valence-corrected chi connectivity index (χ4v) is 2.16. The molecule has 1 aromatic heterocycles. The molecule has 1 fully saturated rings. The average Bonchev–Trinajstić information content (AvgIpc) is 3.00. The molecular formula is C13H23N3. The van der Waals surface area contributed by atoms with E-state index >= 15 is 0 Å². The molecule has 16 heavy (non-hydrogen) atoms. The van der Waals surface area contributed by atoms with E-state index in [-0.39, 0.29) is 0 Å². The molecule has 0 bridgehead atoms. The van der Waals surface area contributed by atoms with Crippen molar-refractivity contribution in [3.05, 3.63) is 18.2 Å². The van der Waals surface area contributed by atoms with E-state index in [9.17, 15) is 0 Å². The van der Waals surface area contributed by atoms with Gasteiger partial charge < -0.3 is 9.88 Å². The van der Waals surface area contributed by atoms with Gasteiger partial charge in [0.05, 0.1) is 0 Å². The zero-order valence-electron chi connectivity index (χ0n) is 10.4. The molecule has 3 nitrogen and oxygen atoms in total. The second-order valence-corrected chi connectivity index (χ2v) is 4.99. The Morgan fingerprint density at radius 1 is 1.56 bits per heavy atom. The molecule has 3 heteroatoms. The average molecular weight is 221 g/mol. The first-order valence-electron chi connectivity index (χ1n) is 6.49. The molecule has 1 N–H and O–H groups in total. The molecule has 1 saturated carbocycles. The van der Waals surface area contributed by atoms with Gasteiger partial charge >= 0.3 is 0 Å². The van der Waals surface area contributed by atoms with Gasteiger partial charge in [-0.2, -0.15) is 0 Å². The van der Waals surface area contributed by atoms with Crippen LogP contribution in [0.3, 0.4) is 0 Å². The molecule has 0 radical (unpaired) electrons. The summed E-state index contributed by atoms with van der Waals surface area (Å²) in [5.41, 5.74) is 0. The van der Waals surface area contributed by atoms with Crippen molar-refractivity contribution in [2.24, 2.45) is 13.0 Å². The molecule has 2 rings (SSSR count). The number of hydrogen-bond donors (Lipinski definition) is 1. The van der Waals surface area contributed by atoms with Crippen LogP contribution in [-0.2, 0) is 13.5 Å². The van der Waals surface area contributed by atoms with Crippen LogP contribution in [0.2, 0.25) is 0 Å². The van der Waals surface area contributed by atoms with Crippen molar-refractivity contribution in [2.75, 3.05) is 6.54 Å². The molecule has 1 aliphatic carbocycles. The van der Waals surface area contributed by atoms with Gasteiger partial charge in [-0.15, -0.1) is 0 Å². The maximum Gasteiger partial charge on any atom is 0.109 e. The van der Waals surface area contributed by atoms with Crippen molar-refractivity contribution in [3.63, 3.8) is 0 Å². The minimum atomic E-state index is 0.619. The predicted octanol–water partition coefficient (Wildman–Crippen LogP) is 2.13. The Morgan fingerprint density at radius 3 is 2.94 bits per heavy atom. The van der Waals surface area contributed by atoms with E-state index in [4.69, 9.17) is 0 Å². The number of aromatic nitrogens is 2. The lowest BCUT2D eigenvalue weighted by Crippen LogP contribution is -2.33. The lowest BCUT2D eigenvalue weighted by molar-refractivity contribution is 0.444. The summed E-state index contributed by atoms with van der Waals surface area (Å²) in [7, 11) is 2.08. The number of imidazole rings is 1. The highest BCUT2D eigenvalue weighted by Crippen LogP contribution is 2.34. The second-order valence-electron chi connectivity index (χ2n) is 4.99. The van der Waals surface area contributed by atoms with Gasteiger partial charge in [0.1, 0.15) is 5.82 Å². The van der Waals surface area contributed by atoms with Crippen LogP contribution < -0.4 is 5.32 Å². The smallest absolute Gasteiger partial charge is 0.109 e. The Labute approximate surface area is 98.3 Å². The summed E-state index contributed by atoms with van der Waals surface area (Å²) in [5, 5.41) is 3.65. The van der Waals surface area contributed by atoms with Crippen LogP contribution in [0.1, 0.15) is 38.4 Å². The Hall–Kier alpha value is -0.830. The summed E-state index contributed by atoms with van der Waals surface area (Å²) in [6.45, 7) is 3.35. The second kappa shape index (κ2) is 5.48. The summed E-state index contributed by atoms with van der Waals surface area (Å²) in [6.07, 6.45) is 10.4. The molecule has 0 aromatic carbocycles. The van der Waals surface area contributed by atoms with Crippen LogP contribution in [-0.4, -0.2) is 22.1 Å². The molecular weight excluding hydrogens is 198 g/mol. The van der Waals surface area contributed by atoms with E-state index in [1.54, 1.807) is 0 Å². The minimum absolute atomic E-state index is 0.619. The summed E-state index contributed by atoms with van der Waals surface area (Å²) in [6, 6.07) is 0.619. The van der Waals surface area contributed by atoms with Crippen molar-refractivity contribution < 1.29 is 0 Å². The van der Waals surface area contributed by atoms with E-state index in [1.165, 1.54) is 31.5 Å². The summed E-state index contributed by atoms with van der Waals surface area (Å²) >= 11 is 0. The van der Waals surface area contributed by atoms with Crippen molar-refractivity contribution in [2.45, 2.75) is 45.1 Å². The Balaban J connectivity index is 1.87. The number of nitrogens with zero attached hydrogens (tertiary/aromatic N) is 2. The van der Waals surface area contributed by atoms with Gasteiger partial charge in [0.15, 0.2) is 0 Å². The molecule has 0 saturated heterocycles. The highest BCUT2D eigenvalue weighted by Gasteiger charge is 2.25. The van der Waals surface area contributed by atoms with Gasteiger partial charge in [-0.1, -0.05) is 19.8 Å². The third kappa shape index (κ3) is 3.34. The minimum Gasteiger partial charge on any atom is -0.338 e. The third-order valence-electron chi connectivity index (χ3n) is 3.35. The highest BCUT2D eigenvalue weighted by atomic mass is 15.0. The summed E-state index contributed by atoms with van der Waals surface area (Å²) < 4.78 is 2.13. The molecule has 0 spiro atoms. The van der Waals surface area contributed by atoms with Gasteiger partial charge in [-0.25, -0.2) is 4.98 Å². The SMILES string of the molecule is CCCNC(Cc1nccn1C)CC1CC1. The van der Waals surface area contributed by atoms with Gasteiger partial charge in [0.25, 0.3) is 0 Å². The van der Waals surface area contributed by atoms with Crippen molar-refractivity contribution in [1.29, 1.82) is 0 Å². The van der Waals surface area contributed by atoms with Crippen LogP contribution in [0.15, 0.2) is 12.4 Å². The zero-order chi connectivity index (χ0) is 11.4. The molecule has 1 aliphatic rings.